The fraction of sp³-hybridized carbons (Fsp3) is 0.0769. The Morgan fingerprint density at radius 2 is 2.16 bits per heavy atom. The molecule has 0 unspecified atom stereocenters. The molecule has 0 bridgehead atoms. The SMILES string of the molecule is NCc1cc(C(=O)c2ccc(Br)c(Cl)c2F)ccn1. The molecule has 0 amide bonds. The van der Waals surface area contributed by atoms with Crippen molar-refractivity contribution in [2.45, 2.75) is 6.54 Å². The highest BCUT2D eigenvalue weighted by atomic mass is 79.9. The van der Waals surface area contributed by atoms with Gasteiger partial charge in [0.2, 0.25) is 0 Å². The second-order valence-electron chi connectivity index (χ2n) is 3.79. The monoisotopic (exact) mass is 342 g/mol. The number of rotatable bonds is 3. The van der Waals surface area contributed by atoms with Gasteiger partial charge in [-0.15, -0.1) is 0 Å². The number of halogens is 3. The van der Waals surface area contributed by atoms with Gasteiger partial charge in [0.25, 0.3) is 0 Å². The minimum absolute atomic E-state index is 0.0811. The lowest BCUT2D eigenvalue weighted by Crippen LogP contribution is -2.07. The van der Waals surface area contributed by atoms with Crippen LogP contribution in [-0.4, -0.2) is 10.8 Å². The van der Waals surface area contributed by atoms with E-state index in [2.05, 4.69) is 20.9 Å². The Morgan fingerprint density at radius 1 is 1.42 bits per heavy atom. The predicted molar refractivity (Wildman–Crippen MR) is 74.7 cm³/mol. The Hall–Kier alpha value is -1.30. The van der Waals surface area contributed by atoms with Crippen molar-refractivity contribution in [2.24, 2.45) is 5.73 Å². The van der Waals surface area contributed by atoms with Crippen LogP contribution in [-0.2, 0) is 6.54 Å². The smallest absolute Gasteiger partial charge is 0.196 e. The van der Waals surface area contributed by atoms with Crippen LogP contribution < -0.4 is 5.73 Å². The van der Waals surface area contributed by atoms with Crippen LogP contribution in [0.5, 0.6) is 0 Å². The number of aromatic nitrogens is 1. The van der Waals surface area contributed by atoms with E-state index < -0.39 is 11.6 Å². The van der Waals surface area contributed by atoms with Crippen molar-refractivity contribution in [3.63, 3.8) is 0 Å². The molecule has 3 nitrogen and oxygen atoms in total. The summed E-state index contributed by atoms with van der Waals surface area (Å²) in [6.07, 6.45) is 1.47. The van der Waals surface area contributed by atoms with Crippen molar-refractivity contribution in [2.75, 3.05) is 0 Å². The minimum Gasteiger partial charge on any atom is -0.325 e. The Morgan fingerprint density at radius 3 is 2.84 bits per heavy atom. The molecule has 1 aromatic heterocycles. The summed E-state index contributed by atoms with van der Waals surface area (Å²) in [7, 11) is 0. The van der Waals surface area contributed by atoms with E-state index in [0.717, 1.165) is 0 Å². The molecule has 19 heavy (non-hydrogen) atoms. The fourth-order valence-corrected chi connectivity index (χ4v) is 2.06. The second-order valence-corrected chi connectivity index (χ2v) is 5.02. The average molecular weight is 344 g/mol. The molecule has 0 fully saturated rings. The number of pyridine rings is 1. The highest BCUT2D eigenvalue weighted by molar-refractivity contribution is 9.10. The molecule has 0 spiro atoms. The normalized spacial score (nSPS) is 10.5. The molecule has 98 valence electrons. The van der Waals surface area contributed by atoms with Gasteiger partial charge in [-0.1, -0.05) is 11.6 Å². The summed E-state index contributed by atoms with van der Waals surface area (Å²) in [6, 6.07) is 5.97. The maximum absolute atomic E-state index is 14.0. The lowest BCUT2D eigenvalue weighted by molar-refractivity contribution is 0.103. The number of nitrogens with two attached hydrogens (primary N) is 1. The van der Waals surface area contributed by atoms with Crippen molar-refractivity contribution in [1.29, 1.82) is 0 Å². The number of hydrogen-bond acceptors (Lipinski definition) is 3. The average Bonchev–Trinajstić information content (AvgIpc) is 2.44. The summed E-state index contributed by atoms with van der Waals surface area (Å²) in [6.45, 7) is 0.213. The van der Waals surface area contributed by atoms with Crippen LogP contribution in [0.2, 0.25) is 5.02 Å². The van der Waals surface area contributed by atoms with Crippen LogP contribution in [0.3, 0.4) is 0 Å². The first-order chi connectivity index (χ1) is 9.04. The van der Waals surface area contributed by atoms with Gasteiger partial charge in [-0.2, -0.15) is 0 Å². The van der Waals surface area contributed by atoms with E-state index >= 15 is 0 Å². The first-order valence-electron chi connectivity index (χ1n) is 5.37. The number of carbonyl (C=O) groups is 1. The molecular formula is C13H9BrClFN2O. The number of hydrogen-bond donors (Lipinski definition) is 1. The molecule has 0 aliphatic carbocycles. The van der Waals surface area contributed by atoms with Gasteiger partial charge in [0, 0.05) is 22.8 Å². The third-order valence-electron chi connectivity index (χ3n) is 2.57. The van der Waals surface area contributed by atoms with E-state index in [1.54, 1.807) is 0 Å². The molecule has 0 saturated heterocycles. The van der Waals surface area contributed by atoms with Gasteiger partial charge in [-0.25, -0.2) is 4.39 Å². The number of benzene rings is 1. The molecule has 0 radical (unpaired) electrons. The molecule has 0 aliphatic heterocycles. The number of nitrogens with zero attached hydrogens (tertiary/aromatic N) is 1. The van der Waals surface area contributed by atoms with E-state index in [-0.39, 0.29) is 17.1 Å². The lowest BCUT2D eigenvalue weighted by atomic mass is 10.0. The first kappa shape index (κ1) is 14.1. The van der Waals surface area contributed by atoms with Crippen LogP contribution in [0.15, 0.2) is 34.9 Å². The summed E-state index contributed by atoms with van der Waals surface area (Å²) in [5.41, 5.74) is 6.27. The van der Waals surface area contributed by atoms with E-state index in [0.29, 0.717) is 15.7 Å². The van der Waals surface area contributed by atoms with Crippen molar-refractivity contribution in [3.8, 4) is 0 Å². The van der Waals surface area contributed by atoms with Crippen LogP contribution in [0.4, 0.5) is 4.39 Å². The van der Waals surface area contributed by atoms with Crippen LogP contribution in [0.25, 0.3) is 0 Å². The van der Waals surface area contributed by atoms with E-state index in [1.807, 2.05) is 0 Å². The maximum Gasteiger partial charge on any atom is 0.196 e. The van der Waals surface area contributed by atoms with E-state index in [9.17, 15) is 9.18 Å². The summed E-state index contributed by atoms with van der Waals surface area (Å²) in [5.74, 6) is -1.20. The van der Waals surface area contributed by atoms with Crippen molar-refractivity contribution in [3.05, 3.63) is 62.6 Å². The zero-order valence-electron chi connectivity index (χ0n) is 9.66. The van der Waals surface area contributed by atoms with Crippen LogP contribution >= 0.6 is 27.5 Å². The van der Waals surface area contributed by atoms with E-state index in [4.69, 9.17) is 17.3 Å². The Kier molecular flexibility index (Phi) is 4.29. The Balaban J connectivity index is 2.47. The third kappa shape index (κ3) is 2.83. The fourth-order valence-electron chi connectivity index (χ4n) is 1.59. The Labute approximate surface area is 122 Å². The molecular weight excluding hydrogens is 335 g/mol. The molecule has 1 aromatic carbocycles. The molecule has 1 heterocycles. The molecule has 2 rings (SSSR count). The summed E-state index contributed by atoms with van der Waals surface area (Å²) < 4.78 is 14.4. The number of carbonyl (C=O) groups excluding carboxylic acids is 1. The quantitative estimate of drug-likeness (QED) is 0.687. The molecule has 2 aromatic rings. The second kappa shape index (κ2) is 5.77. The highest BCUT2D eigenvalue weighted by Crippen LogP contribution is 2.28. The van der Waals surface area contributed by atoms with E-state index in [1.165, 1.54) is 30.5 Å². The molecule has 0 atom stereocenters. The highest BCUT2D eigenvalue weighted by Gasteiger charge is 2.18. The molecule has 6 heteroatoms. The molecule has 2 N–H and O–H groups in total. The summed E-state index contributed by atoms with van der Waals surface area (Å²) in [4.78, 5) is 16.2. The largest absolute Gasteiger partial charge is 0.325 e. The van der Waals surface area contributed by atoms with Gasteiger partial charge < -0.3 is 5.73 Å². The lowest BCUT2D eigenvalue weighted by Gasteiger charge is -2.06. The standard InChI is InChI=1S/C13H9BrClFN2O/c14-10-2-1-9(12(16)11(10)15)13(19)7-3-4-18-8(5-7)6-17/h1-5H,6,17H2. The van der Waals surface area contributed by atoms with Crippen molar-refractivity contribution in [1.82, 2.24) is 4.98 Å². The van der Waals surface area contributed by atoms with Gasteiger partial charge in [-0.3, -0.25) is 9.78 Å². The zero-order chi connectivity index (χ0) is 14.0. The molecule has 0 aliphatic rings. The summed E-state index contributed by atoms with van der Waals surface area (Å²) >= 11 is 8.87. The van der Waals surface area contributed by atoms with Gasteiger partial charge >= 0.3 is 0 Å². The Bertz CT molecular complexity index is 649. The van der Waals surface area contributed by atoms with Crippen molar-refractivity contribution >= 4 is 33.3 Å². The van der Waals surface area contributed by atoms with Gasteiger partial charge in [0.05, 0.1) is 16.3 Å². The van der Waals surface area contributed by atoms with Crippen LogP contribution in [0, 0.1) is 5.82 Å². The van der Waals surface area contributed by atoms with Gasteiger partial charge in [0.1, 0.15) is 0 Å². The van der Waals surface area contributed by atoms with Gasteiger partial charge in [0.15, 0.2) is 11.6 Å². The first-order valence-corrected chi connectivity index (χ1v) is 6.55. The minimum atomic E-state index is -0.743. The van der Waals surface area contributed by atoms with Crippen LogP contribution in [0.1, 0.15) is 21.6 Å². The topological polar surface area (TPSA) is 56.0 Å². The maximum atomic E-state index is 14.0. The number of ketones is 1. The van der Waals surface area contributed by atoms with Gasteiger partial charge in [-0.05, 0) is 40.2 Å². The van der Waals surface area contributed by atoms with Crippen molar-refractivity contribution < 1.29 is 9.18 Å². The third-order valence-corrected chi connectivity index (χ3v) is 3.83. The molecule has 0 saturated carbocycles. The summed E-state index contributed by atoms with van der Waals surface area (Å²) in [5, 5.41) is -0.112. The zero-order valence-corrected chi connectivity index (χ0v) is 12.0. The predicted octanol–water partition coefficient (Wildman–Crippen LogP) is 3.33.